The van der Waals surface area contributed by atoms with Crippen LogP contribution in [0.25, 0.3) is 0 Å². The molecule has 1 heteroatoms. The van der Waals surface area contributed by atoms with Crippen LogP contribution in [-0.2, 0) is 0 Å². The van der Waals surface area contributed by atoms with Crippen LogP contribution in [-0.4, -0.2) is 10.7 Å². The molecule has 0 heterocycles. The second-order valence-corrected chi connectivity index (χ2v) is 5.98. The van der Waals surface area contributed by atoms with Crippen LogP contribution < -0.4 is 0 Å². The van der Waals surface area contributed by atoms with Crippen LogP contribution in [0.15, 0.2) is 11.1 Å². The highest BCUT2D eigenvalue weighted by Crippen LogP contribution is 2.47. The molecule has 2 saturated carbocycles. The first-order valence-corrected chi connectivity index (χ1v) is 6.67. The average molecular weight is 206 g/mol. The zero-order valence-corrected chi connectivity index (χ0v) is 9.60. The van der Waals surface area contributed by atoms with Crippen LogP contribution in [0.4, 0.5) is 0 Å². The van der Waals surface area contributed by atoms with Gasteiger partial charge in [-0.2, -0.15) is 0 Å². The van der Waals surface area contributed by atoms with Crippen molar-refractivity contribution >= 4 is 0 Å². The second kappa shape index (κ2) is 3.62. The average Bonchev–Trinajstić information content (AvgIpc) is 2.79. The highest BCUT2D eigenvalue weighted by atomic mass is 16.3. The quantitative estimate of drug-likeness (QED) is 0.685. The SMILES string of the molecule is OC1(CC2=C3CCC(C3)C2)CCCCC1. The molecule has 84 valence electrons. The summed E-state index contributed by atoms with van der Waals surface area (Å²) >= 11 is 0. The standard InChI is InChI=1S/C14H22O/c15-14(6-2-1-3-7-14)10-13-9-11-4-5-12(13)8-11/h11,15H,1-10H2. The molecule has 0 aromatic heterocycles. The van der Waals surface area contributed by atoms with Gasteiger partial charge in [0.15, 0.2) is 0 Å². The molecule has 0 amide bonds. The van der Waals surface area contributed by atoms with Crippen LogP contribution in [0.3, 0.4) is 0 Å². The van der Waals surface area contributed by atoms with Gasteiger partial charge in [-0.1, -0.05) is 30.4 Å². The number of hydrogen-bond donors (Lipinski definition) is 1. The molecule has 1 atom stereocenters. The van der Waals surface area contributed by atoms with Crippen molar-refractivity contribution in [1.82, 2.24) is 0 Å². The van der Waals surface area contributed by atoms with Gasteiger partial charge >= 0.3 is 0 Å². The molecule has 1 unspecified atom stereocenters. The van der Waals surface area contributed by atoms with Gasteiger partial charge < -0.3 is 5.11 Å². The summed E-state index contributed by atoms with van der Waals surface area (Å²) in [6, 6.07) is 0. The van der Waals surface area contributed by atoms with Crippen LogP contribution >= 0.6 is 0 Å². The normalized spacial score (nSPS) is 33.8. The van der Waals surface area contributed by atoms with Gasteiger partial charge in [-0.25, -0.2) is 0 Å². The van der Waals surface area contributed by atoms with Crippen LogP contribution in [0.2, 0.25) is 0 Å². The second-order valence-electron chi connectivity index (χ2n) is 5.98. The van der Waals surface area contributed by atoms with E-state index >= 15 is 0 Å². The highest BCUT2D eigenvalue weighted by Gasteiger charge is 2.36. The van der Waals surface area contributed by atoms with E-state index < -0.39 is 0 Å². The highest BCUT2D eigenvalue weighted by molar-refractivity contribution is 5.27. The molecule has 0 spiro atoms. The number of rotatable bonds is 2. The monoisotopic (exact) mass is 206 g/mol. The van der Waals surface area contributed by atoms with Gasteiger partial charge in [0.05, 0.1) is 5.60 Å². The minimum atomic E-state index is -0.314. The van der Waals surface area contributed by atoms with E-state index in [9.17, 15) is 5.11 Å². The van der Waals surface area contributed by atoms with Crippen molar-refractivity contribution in [3.05, 3.63) is 11.1 Å². The lowest BCUT2D eigenvalue weighted by Crippen LogP contribution is -2.32. The third kappa shape index (κ3) is 1.87. The van der Waals surface area contributed by atoms with E-state index in [1.807, 2.05) is 0 Å². The Morgan fingerprint density at radius 1 is 1.13 bits per heavy atom. The summed E-state index contributed by atoms with van der Waals surface area (Å²) in [4.78, 5) is 0. The molecule has 3 aliphatic carbocycles. The minimum Gasteiger partial charge on any atom is -0.390 e. The predicted molar refractivity (Wildman–Crippen MR) is 61.6 cm³/mol. The summed E-state index contributed by atoms with van der Waals surface area (Å²) in [6.07, 6.45) is 12.4. The van der Waals surface area contributed by atoms with Crippen molar-refractivity contribution < 1.29 is 5.11 Å². The first-order valence-electron chi connectivity index (χ1n) is 6.67. The molecule has 0 aromatic carbocycles. The summed E-state index contributed by atoms with van der Waals surface area (Å²) < 4.78 is 0. The zero-order chi connectivity index (χ0) is 10.3. The van der Waals surface area contributed by atoms with E-state index in [0.717, 1.165) is 25.2 Å². The van der Waals surface area contributed by atoms with E-state index in [-0.39, 0.29) is 5.60 Å². The molecule has 1 nitrogen and oxygen atoms in total. The molecule has 3 aliphatic rings. The molecule has 0 aliphatic heterocycles. The topological polar surface area (TPSA) is 20.2 Å². The van der Waals surface area contributed by atoms with Crippen LogP contribution in [0.1, 0.15) is 64.2 Å². The summed E-state index contributed by atoms with van der Waals surface area (Å²) in [5, 5.41) is 10.5. The van der Waals surface area contributed by atoms with Crippen LogP contribution in [0.5, 0.6) is 0 Å². The molecule has 2 bridgehead atoms. The van der Waals surface area contributed by atoms with Crippen molar-refractivity contribution in [3.63, 3.8) is 0 Å². The van der Waals surface area contributed by atoms with Gasteiger partial charge in [-0.3, -0.25) is 0 Å². The van der Waals surface area contributed by atoms with Gasteiger partial charge in [0, 0.05) is 0 Å². The predicted octanol–water partition coefficient (Wildman–Crippen LogP) is 3.57. The molecule has 2 fully saturated rings. The summed E-state index contributed by atoms with van der Waals surface area (Å²) in [5.41, 5.74) is 3.06. The lowest BCUT2D eigenvalue weighted by Gasteiger charge is -2.33. The lowest BCUT2D eigenvalue weighted by molar-refractivity contribution is 0.00357. The van der Waals surface area contributed by atoms with Gasteiger partial charge in [-0.05, 0) is 50.9 Å². The maximum Gasteiger partial charge on any atom is 0.0684 e. The number of allylic oxidation sites excluding steroid dienone is 1. The van der Waals surface area contributed by atoms with Gasteiger partial charge in [0.25, 0.3) is 0 Å². The first-order chi connectivity index (χ1) is 7.25. The first kappa shape index (κ1) is 9.89. The Balaban J connectivity index is 1.69. The van der Waals surface area contributed by atoms with Crippen molar-refractivity contribution in [2.75, 3.05) is 0 Å². The smallest absolute Gasteiger partial charge is 0.0684 e. The Labute approximate surface area is 92.6 Å². The molecule has 3 rings (SSSR count). The molecule has 0 radical (unpaired) electrons. The number of fused-ring (bicyclic) bond motifs is 2. The van der Waals surface area contributed by atoms with Crippen LogP contribution in [0, 0.1) is 5.92 Å². The minimum absolute atomic E-state index is 0.314. The number of hydrogen-bond acceptors (Lipinski definition) is 1. The Hall–Kier alpha value is -0.300. The fourth-order valence-corrected chi connectivity index (χ4v) is 3.90. The molecular formula is C14H22O. The molecule has 1 N–H and O–H groups in total. The Morgan fingerprint density at radius 3 is 2.53 bits per heavy atom. The molecular weight excluding hydrogens is 184 g/mol. The maximum atomic E-state index is 10.5. The third-order valence-corrected chi connectivity index (χ3v) is 4.75. The van der Waals surface area contributed by atoms with Crippen molar-refractivity contribution in [1.29, 1.82) is 0 Å². The molecule has 0 saturated heterocycles. The van der Waals surface area contributed by atoms with Crippen molar-refractivity contribution in [2.24, 2.45) is 5.92 Å². The van der Waals surface area contributed by atoms with Crippen molar-refractivity contribution in [3.8, 4) is 0 Å². The largest absolute Gasteiger partial charge is 0.390 e. The van der Waals surface area contributed by atoms with E-state index in [0.29, 0.717) is 0 Å². The Kier molecular flexibility index (Phi) is 2.39. The molecule has 0 aromatic rings. The van der Waals surface area contributed by atoms with E-state index in [2.05, 4.69) is 0 Å². The van der Waals surface area contributed by atoms with E-state index in [4.69, 9.17) is 0 Å². The fourth-order valence-electron chi connectivity index (χ4n) is 3.90. The van der Waals surface area contributed by atoms with Gasteiger partial charge in [-0.15, -0.1) is 0 Å². The Morgan fingerprint density at radius 2 is 1.93 bits per heavy atom. The van der Waals surface area contributed by atoms with Crippen molar-refractivity contribution in [2.45, 2.75) is 69.8 Å². The maximum absolute atomic E-state index is 10.5. The zero-order valence-electron chi connectivity index (χ0n) is 9.60. The van der Waals surface area contributed by atoms with E-state index in [1.165, 1.54) is 44.9 Å². The summed E-state index contributed by atoms with van der Waals surface area (Å²) in [5.74, 6) is 0.960. The summed E-state index contributed by atoms with van der Waals surface area (Å²) in [6.45, 7) is 0. The third-order valence-electron chi connectivity index (χ3n) is 4.75. The van der Waals surface area contributed by atoms with Gasteiger partial charge in [0.1, 0.15) is 0 Å². The van der Waals surface area contributed by atoms with Gasteiger partial charge in [0.2, 0.25) is 0 Å². The lowest BCUT2D eigenvalue weighted by atomic mass is 9.78. The Bertz CT molecular complexity index is 284. The molecule has 15 heavy (non-hydrogen) atoms. The number of aliphatic hydroxyl groups is 1. The van der Waals surface area contributed by atoms with E-state index in [1.54, 1.807) is 11.1 Å². The fraction of sp³-hybridized carbons (Fsp3) is 0.857. The summed E-state index contributed by atoms with van der Waals surface area (Å²) in [7, 11) is 0.